The summed E-state index contributed by atoms with van der Waals surface area (Å²) in [6.07, 6.45) is 4.50. The van der Waals surface area contributed by atoms with Gasteiger partial charge in [-0.2, -0.15) is 0 Å². The highest BCUT2D eigenvalue weighted by atomic mass is 35.5. The number of para-hydroxylation sites is 1. The van der Waals surface area contributed by atoms with Crippen LogP contribution < -0.4 is 16.0 Å². The molecule has 1 saturated heterocycles. The average molecular weight is 322 g/mol. The summed E-state index contributed by atoms with van der Waals surface area (Å²) in [5, 5.41) is 9.62. The largest absolute Gasteiger partial charge is 0.350 e. The zero-order chi connectivity index (χ0) is 15.5. The molecule has 3 atom stereocenters. The molecule has 3 rings (SSSR count). The van der Waals surface area contributed by atoms with Gasteiger partial charge in [0.2, 0.25) is 11.8 Å². The van der Waals surface area contributed by atoms with Crippen molar-refractivity contribution in [3.8, 4) is 0 Å². The number of carbonyl (C=O) groups is 2. The van der Waals surface area contributed by atoms with Gasteiger partial charge in [0.15, 0.2) is 0 Å². The average Bonchev–Trinajstić information content (AvgIpc) is 2.50. The van der Waals surface area contributed by atoms with E-state index in [1.54, 1.807) is 24.3 Å². The van der Waals surface area contributed by atoms with Crippen molar-refractivity contribution in [2.24, 2.45) is 0 Å². The Morgan fingerprint density at radius 2 is 1.95 bits per heavy atom. The predicted octanol–water partition coefficient (Wildman–Crippen LogP) is 2.07. The molecule has 2 aliphatic rings. The Morgan fingerprint density at radius 3 is 2.73 bits per heavy atom. The molecule has 0 aromatic heterocycles. The highest BCUT2D eigenvalue weighted by molar-refractivity contribution is 6.33. The van der Waals surface area contributed by atoms with E-state index in [-0.39, 0.29) is 30.3 Å². The van der Waals surface area contributed by atoms with E-state index in [4.69, 9.17) is 11.6 Å². The zero-order valence-corrected chi connectivity index (χ0v) is 13.0. The lowest BCUT2D eigenvalue weighted by Gasteiger charge is -2.40. The molecular weight excluding hydrogens is 302 g/mol. The maximum Gasteiger partial charge on any atom is 0.237 e. The Bertz CT molecular complexity index is 578. The van der Waals surface area contributed by atoms with Crippen LogP contribution in [0.3, 0.4) is 0 Å². The van der Waals surface area contributed by atoms with E-state index in [0.717, 1.165) is 19.3 Å². The first kappa shape index (κ1) is 15.3. The highest BCUT2D eigenvalue weighted by Crippen LogP contribution is 2.23. The molecule has 2 amide bonds. The van der Waals surface area contributed by atoms with E-state index in [9.17, 15) is 9.59 Å². The Hall–Kier alpha value is -1.59. The Morgan fingerprint density at radius 1 is 1.23 bits per heavy atom. The third-order valence-electron chi connectivity index (χ3n) is 4.36. The quantitative estimate of drug-likeness (QED) is 0.798. The molecule has 0 unspecified atom stereocenters. The van der Waals surface area contributed by atoms with Crippen LogP contribution in [0.25, 0.3) is 0 Å². The summed E-state index contributed by atoms with van der Waals surface area (Å²) in [7, 11) is 0. The maximum atomic E-state index is 12.1. The number of piperazine rings is 1. The lowest BCUT2D eigenvalue weighted by atomic mass is 9.87. The molecule has 1 saturated carbocycles. The van der Waals surface area contributed by atoms with Crippen molar-refractivity contribution < 1.29 is 9.59 Å². The molecule has 1 aromatic carbocycles. The first-order valence-corrected chi connectivity index (χ1v) is 8.12. The summed E-state index contributed by atoms with van der Waals surface area (Å²) in [4.78, 5) is 24.3. The van der Waals surface area contributed by atoms with Gasteiger partial charge in [-0.3, -0.25) is 9.59 Å². The van der Waals surface area contributed by atoms with Crippen LogP contribution in [-0.2, 0) is 9.59 Å². The fraction of sp³-hybridized carbons (Fsp3) is 0.500. The van der Waals surface area contributed by atoms with Gasteiger partial charge in [-0.05, 0) is 25.0 Å². The molecular formula is C16H20ClN3O2. The predicted molar refractivity (Wildman–Crippen MR) is 85.8 cm³/mol. The van der Waals surface area contributed by atoms with E-state index < -0.39 is 6.04 Å². The lowest BCUT2D eigenvalue weighted by Crippen LogP contribution is -2.65. The summed E-state index contributed by atoms with van der Waals surface area (Å²) >= 11 is 6.02. The molecule has 6 heteroatoms. The van der Waals surface area contributed by atoms with Crippen LogP contribution in [0, 0.1) is 0 Å². The number of rotatable bonds is 3. The van der Waals surface area contributed by atoms with E-state index in [1.165, 1.54) is 6.42 Å². The molecule has 1 aromatic rings. The monoisotopic (exact) mass is 321 g/mol. The maximum absolute atomic E-state index is 12.1. The van der Waals surface area contributed by atoms with Gasteiger partial charge in [-0.1, -0.05) is 36.6 Å². The fourth-order valence-electron chi connectivity index (χ4n) is 3.22. The third-order valence-corrected chi connectivity index (χ3v) is 4.69. The highest BCUT2D eigenvalue weighted by Gasteiger charge is 2.36. The third kappa shape index (κ3) is 3.42. The summed E-state index contributed by atoms with van der Waals surface area (Å²) < 4.78 is 0. The van der Waals surface area contributed by atoms with Crippen molar-refractivity contribution in [2.45, 2.75) is 50.2 Å². The van der Waals surface area contributed by atoms with Gasteiger partial charge in [-0.15, -0.1) is 0 Å². The molecule has 0 spiro atoms. The second-order valence-corrected chi connectivity index (χ2v) is 6.36. The van der Waals surface area contributed by atoms with E-state index in [0.29, 0.717) is 10.7 Å². The van der Waals surface area contributed by atoms with E-state index in [1.807, 2.05) is 0 Å². The Balaban J connectivity index is 1.59. The number of carbonyl (C=O) groups excluding carboxylic acids is 2. The minimum atomic E-state index is -0.471. The molecule has 0 bridgehead atoms. The van der Waals surface area contributed by atoms with Crippen molar-refractivity contribution in [3.05, 3.63) is 29.3 Å². The van der Waals surface area contributed by atoms with Crippen molar-refractivity contribution in [1.82, 2.24) is 10.6 Å². The molecule has 118 valence electrons. The van der Waals surface area contributed by atoms with Crippen molar-refractivity contribution in [3.63, 3.8) is 0 Å². The van der Waals surface area contributed by atoms with E-state index >= 15 is 0 Å². The van der Waals surface area contributed by atoms with Crippen molar-refractivity contribution in [2.75, 3.05) is 5.32 Å². The molecule has 1 heterocycles. The minimum Gasteiger partial charge on any atom is -0.350 e. The van der Waals surface area contributed by atoms with Gasteiger partial charge >= 0.3 is 0 Å². The number of fused-ring (bicyclic) bond motifs is 1. The van der Waals surface area contributed by atoms with Gasteiger partial charge in [0.25, 0.3) is 0 Å². The SMILES string of the molecule is O=C(C[C@@H]1N[C@H]2CCCC[C@H]2NC1=O)Nc1ccccc1Cl. The van der Waals surface area contributed by atoms with Crippen LogP contribution in [-0.4, -0.2) is 29.9 Å². The second kappa shape index (κ2) is 6.67. The number of hydrogen-bond donors (Lipinski definition) is 3. The topological polar surface area (TPSA) is 70.2 Å². The second-order valence-electron chi connectivity index (χ2n) is 5.96. The number of nitrogens with one attached hydrogen (secondary N) is 3. The van der Waals surface area contributed by atoms with Gasteiger partial charge in [-0.25, -0.2) is 0 Å². The normalized spacial score (nSPS) is 27.7. The van der Waals surface area contributed by atoms with Crippen LogP contribution in [0.15, 0.2) is 24.3 Å². The first-order chi connectivity index (χ1) is 10.6. The molecule has 5 nitrogen and oxygen atoms in total. The van der Waals surface area contributed by atoms with Gasteiger partial charge in [0, 0.05) is 12.1 Å². The molecule has 1 aliphatic carbocycles. The number of halogens is 1. The number of anilines is 1. The standard InChI is InChI=1S/C16H20ClN3O2/c17-10-5-1-2-6-11(10)19-15(21)9-14-16(22)20-13-8-4-3-7-12(13)18-14/h1-2,5-6,12-14,18H,3-4,7-9H2,(H,19,21)(H,20,22)/t12-,13+,14-/m0/s1. The molecule has 1 aliphatic heterocycles. The van der Waals surface area contributed by atoms with Gasteiger partial charge in [0.1, 0.15) is 0 Å². The van der Waals surface area contributed by atoms with E-state index in [2.05, 4.69) is 16.0 Å². The number of benzene rings is 1. The molecule has 0 radical (unpaired) electrons. The Labute approximate surface area is 134 Å². The van der Waals surface area contributed by atoms with Crippen LogP contribution in [0.4, 0.5) is 5.69 Å². The van der Waals surface area contributed by atoms with Crippen LogP contribution >= 0.6 is 11.6 Å². The van der Waals surface area contributed by atoms with Gasteiger partial charge < -0.3 is 16.0 Å². The fourth-order valence-corrected chi connectivity index (χ4v) is 3.40. The number of hydrogen-bond acceptors (Lipinski definition) is 3. The van der Waals surface area contributed by atoms with Gasteiger partial charge in [0.05, 0.1) is 23.2 Å². The minimum absolute atomic E-state index is 0.0857. The zero-order valence-electron chi connectivity index (χ0n) is 12.3. The first-order valence-electron chi connectivity index (χ1n) is 7.74. The summed E-state index contributed by atoms with van der Waals surface area (Å²) in [6.45, 7) is 0. The lowest BCUT2D eigenvalue weighted by molar-refractivity contribution is -0.129. The number of amides is 2. The summed E-state index contributed by atoms with van der Waals surface area (Å²) in [5.41, 5.74) is 0.570. The van der Waals surface area contributed by atoms with Crippen LogP contribution in [0.2, 0.25) is 5.02 Å². The van der Waals surface area contributed by atoms with Crippen LogP contribution in [0.1, 0.15) is 32.1 Å². The summed E-state index contributed by atoms with van der Waals surface area (Å²) in [6, 6.07) is 7.09. The smallest absolute Gasteiger partial charge is 0.237 e. The Kier molecular flexibility index (Phi) is 4.64. The molecule has 22 heavy (non-hydrogen) atoms. The van der Waals surface area contributed by atoms with Crippen molar-refractivity contribution >= 4 is 29.1 Å². The summed E-state index contributed by atoms with van der Waals surface area (Å²) in [5.74, 6) is -0.299. The van der Waals surface area contributed by atoms with Crippen molar-refractivity contribution in [1.29, 1.82) is 0 Å². The molecule has 3 N–H and O–H groups in total. The molecule has 2 fully saturated rings. The van der Waals surface area contributed by atoms with Crippen LogP contribution in [0.5, 0.6) is 0 Å².